The number of fused-ring (bicyclic) bond motifs is 6. The number of esters is 2. The summed E-state index contributed by atoms with van der Waals surface area (Å²) in [5.41, 5.74) is -0.0884. The molecule has 0 unspecified atom stereocenters. The molecule has 142 valence electrons. The lowest BCUT2D eigenvalue weighted by molar-refractivity contribution is -0.182. The average molecular weight is 362 g/mol. The minimum Gasteiger partial charge on any atom is -0.461 e. The van der Waals surface area contributed by atoms with Crippen LogP contribution in [-0.2, 0) is 28.5 Å². The van der Waals surface area contributed by atoms with E-state index in [1.165, 1.54) is 0 Å². The van der Waals surface area contributed by atoms with E-state index in [0.717, 1.165) is 12.8 Å². The molecule has 0 N–H and O–H groups in total. The zero-order valence-electron chi connectivity index (χ0n) is 15.7. The molecular weight excluding hydrogens is 336 g/mol. The minimum atomic E-state index is -0.369. The Bertz CT molecular complexity index is 709. The molecule has 0 aromatic rings. The minimum absolute atomic E-state index is 0.00936. The van der Waals surface area contributed by atoms with Gasteiger partial charge in [0, 0.05) is 22.8 Å². The van der Waals surface area contributed by atoms with Crippen molar-refractivity contribution in [2.75, 3.05) is 6.61 Å². The van der Waals surface area contributed by atoms with Gasteiger partial charge in [0.1, 0.15) is 30.0 Å². The summed E-state index contributed by atoms with van der Waals surface area (Å²) in [7, 11) is 0. The van der Waals surface area contributed by atoms with Gasteiger partial charge in [0.05, 0.1) is 12.5 Å². The Morgan fingerprint density at radius 1 is 1.35 bits per heavy atom. The van der Waals surface area contributed by atoms with Gasteiger partial charge in [0.25, 0.3) is 0 Å². The topological polar surface area (TPSA) is 77.7 Å². The van der Waals surface area contributed by atoms with E-state index < -0.39 is 0 Å². The molecule has 3 saturated heterocycles. The Hall–Kier alpha value is -1.40. The molecule has 3 aliphatic heterocycles. The molecule has 0 aromatic carbocycles. The second-order valence-corrected chi connectivity index (χ2v) is 8.94. The maximum atomic E-state index is 12.5. The first-order valence-electron chi connectivity index (χ1n) is 9.67. The number of hydrogen-bond donors (Lipinski definition) is 0. The molecule has 6 nitrogen and oxygen atoms in total. The lowest BCUT2D eigenvalue weighted by Gasteiger charge is -2.53. The highest BCUT2D eigenvalue weighted by Crippen LogP contribution is 2.68. The van der Waals surface area contributed by atoms with Crippen molar-refractivity contribution in [1.82, 2.24) is 0 Å². The lowest BCUT2D eigenvalue weighted by atomic mass is 9.51. The normalized spacial score (nSPS) is 54.1. The van der Waals surface area contributed by atoms with Crippen molar-refractivity contribution in [1.29, 1.82) is 0 Å². The van der Waals surface area contributed by atoms with Crippen molar-refractivity contribution in [2.24, 2.45) is 23.2 Å². The predicted molar refractivity (Wildman–Crippen MR) is 90.0 cm³/mol. The number of carbonyl (C=O) groups excluding carboxylic acids is 2. The largest absolute Gasteiger partial charge is 0.461 e. The van der Waals surface area contributed by atoms with Crippen LogP contribution in [0.5, 0.6) is 0 Å². The predicted octanol–water partition coefficient (Wildman–Crippen LogP) is 2.01. The van der Waals surface area contributed by atoms with Crippen LogP contribution in [-0.4, -0.2) is 48.6 Å². The van der Waals surface area contributed by atoms with E-state index in [9.17, 15) is 9.59 Å². The molecule has 2 saturated carbocycles. The van der Waals surface area contributed by atoms with Crippen LogP contribution in [0, 0.1) is 23.2 Å². The standard InChI is InChI=1S/C20H26O6/c1-5-9(2)17(21)26-15-13-16(24-13)20(8-23-20)14-12-11(6-7-19(14,15)4)10(3)18(22)25-12/h5,10-16H,6-8H2,1-4H3/b9-5-/t10-,11+,12-,13+,14-,15-,16+,19+,20+/m1/s1. The van der Waals surface area contributed by atoms with E-state index in [0.29, 0.717) is 12.2 Å². The highest BCUT2D eigenvalue weighted by molar-refractivity contribution is 5.87. The molecule has 9 atom stereocenters. The highest BCUT2D eigenvalue weighted by atomic mass is 16.7. The average Bonchev–Trinajstić information content (AvgIpc) is 3.51. The number of ether oxygens (including phenoxy) is 4. The summed E-state index contributed by atoms with van der Waals surface area (Å²) >= 11 is 0. The van der Waals surface area contributed by atoms with Gasteiger partial charge in [-0.25, -0.2) is 4.79 Å². The fourth-order valence-corrected chi connectivity index (χ4v) is 5.94. The van der Waals surface area contributed by atoms with Crippen LogP contribution in [0.1, 0.15) is 40.5 Å². The molecule has 6 heteroatoms. The van der Waals surface area contributed by atoms with E-state index in [1.807, 2.05) is 13.8 Å². The van der Waals surface area contributed by atoms with Crippen LogP contribution in [0.15, 0.2) is 11.6 Å². The van der Waals surface area contributed by atoms with Gasteiger partial charge in [-0.05, 0) is 26.7 Å². The molecule has 5 aliphatic rings. The summed E-state index contributed by atoms with van der Waals surface area (Å²) in [5, 5.41) is 0. The molecular formula is C20H26O6. The maximum absolute atomic E-state index is 12.5. The number of epoxide rings is 2. The fourth-order valence-electron chi connectivity index (χ4n) is 5.94. The summed E-state index contributed by atoms with van der Waals surface area (Å²) in [5.74, 6) is -0.263. The molecule has 3 heterocycles. The zero-order chi connectivity index (χ0) is 18.4. The van der Waals surface area contributed by atoms with Gasteiger partial charge in [0.2, 0.25) is 0 Å². The van der Waals surface area contributed by atoms with Crippen LogP contribution in [0.4, 0.5) is 0 Å². The third kappa shape index (κ3) is 1.95. The quantitative estimate of drug-likeness (QED) is 0.425. The Morgan fingerprint density at radius 2 is 2.08 bits per heavy atom. The Kier molecular flexibility index (Phi) is 3.29. The first kappa shape index (κ1) is 16.8. The van der Waals surface area contributed by atoms with E-state index in [-0.39, 0.29) is 65.1 Å². The Balaban J connectivity index is 1.52. The molecule has 0 aromatic heterocycles. The van der Waals surface area contributed by atoms with E-state index in [2.05, 4.69) is 6.92 Å². The van der Waals surface area contributed by atoms with Crippen LogP contribution >= 0.6 is 0 Å². The molecule has 0 amide bonds. The van der Waals surface area contributed by atoms with E-state index in [4.69, 9.17) is 18.9 Å². The Labute approximate surface area is 153 Å². The first-order chi connectivity index (χ1) is 12.3. The van der Waals surface area contributed by atoms with Gasteiger partial charge in [-0.3, -0.25) is 4.79 Å². The van der Waals surface area contributed by atoms with E-state index in [1.54, 1.807) is 13.0 Å². The monoisotopic (exact) mass is 362 g/mol. The van der Waals surface area contributed by atoms with Crippen molar-refractivity contribution in [3.63, 3.8) is 0 Å². The molecule has 1 spiro atoms. The van der Waals surface area contributed by atoms with Gasteiger partial charge < -0.3 is 18.9 Å². The van der Waals surface area contributed by atoms with Crippen LogP contribution in [0.3, 0.4) is 0 Å². The molecule has 5 rings (SSSR count). The van der Waals surface area contributed by atoms with E-state index >= 15 is 0 Å². The zero-order valence-corrected chi connectivity index (χ0v) is 15.7. The number of carbonyl (C=O) groups is 2. The SMILES string of the molecule is C/C=C(/C)C(=O)O[C@@H]1[C@@H]2O[C@@H]2[C@]2(CO2)[C@@H]2[C@@H]3OC(=O)[C@H](C)[C@@H]3CC[C@]12C. The summed E-state index contributed by atoms with van der Waals surface area (Å²) in [6.45, 7) is 8.35. The van der Waals surface area contributed by atoms with Crippen molar-refractivity contribution in [3.8, 4) is 0 Å². The number of allylic oxidation sites excluding steroid dienone is 1. The molecule has 5 fully saturated rings. The van der Waals surface area contributed by atoms with Gasteiger partial charge in [0.15, 0.2) is 0 Å². The fraction of sp³-hybridized carbons (Fsp3) is 0.800. The van der Waals surface area contributed by atoms with Crippen LogP contribution in [0.2, 0.25) is 0 Å². The molecule has 26 heavy (non-hydrogen) atoms. The number of rotatable bonds is 2. The summed E-state index contributed by atoms with van der Waals surface area (Å²) in [6, 6.07) is 0. The molecule has 2 aliphatic carbocycles. The Morgan fingerprint density at radius 3 is 2.73 bits per heavy atom. The third-order valence-electron chi connectivity index (χ3n) is 7.69. The van der Waals surface area contributed by atoms with Crippen LogP contribution in [0.25, 0.3) is 0 Å². The van der Waals surface area contributed by atoms with Gasteiger partial charge in [-0.1, -0.05) is 19.9 Å². The number of hydrogen-bond acceptors (Lipinski definition) is 6. The first-order valence-corrected chi connectivity index (χ1v) is 9.67. The van der Waals surface area contributed by atoms with Crippen molar-refractivity contribution in [3.05, 3.63) is 11.6 Å². The second kappa shape index (κ2) is 5.10. The maximum Gasteiger partial charge on any atom is 0.333 e. The van der Waals surface area contributed by atoms with Gasteiger partial charge >= 0.3 is 11.9 Å². The van der Waals surface area contributed by atoms with Crippen LogP contribution < -0.4 is 0 Å². The van der Waals surface area contributed by atoms with Crippen molar-refractivity contribution in [2.45, 2.75) is 70.6 Å². The molecule has 0 bridgehead atoms. The summed E-state index contributed by atoms with van der Waals surface area (Å²) in [6.07, 6.45) is 2.87. The van der Waals surface area contributed by atoms with Crippen molar-refractivity contribution >= 4 is 11.9 Å². The highest BCUT2D eigenvalue weighted by Gasteiger charge is 2.82. The van der Waals surface area contributed by atoms with Gasteiger partial charge in [-0.2, -0.15) is 0 Å². The smallest absolute Gasteiger partial charge is 0.333 e. The summed E-state index contributed by atoms with van der Waals surface area (Å²) in [4.78, 5) is 24.7. The second-order valence-electron chi connectivity index (χ2n) is 8.94. The van der Waals surface area contributed by atoms with Gasteiger partial charge in [-0.15, -0.1) is 0 Å². The lowest BCUT2D eigenvalue weighted by Crippen LogP contribution is -2.63. The van der Waals surface area contributed by atoms with Crippen molar-refractivity contribution < 1.29 is 28.5 Å². The third-order valence-corrected chi connectivity index (χ3v) is 7.69. The summed E-state index contributed by atoms with van der Waals surface area (Å²) < 4.78 is 23.8. The molecule has 0 radical (unpaired) electrons.